The van der Waals surface area contributed by atoms with Crippen molar-refractivity contribution >= 4 is 16.9 Å². The van der Waals surface area contributed by atoms with Crippen molar-refractivity contribution in [3.05, 3.63) is 48.2 Å². The van der Waals surface area contributed by atoms with Crippen molar-refractivity contribution in [2.24, 2.45) is 7.05 Å². The molecule has 3 aromatic rings. The molecule has 0 atom stereocenters. The first-order chi connectivity index (χ1) is 11.7. The number of rotatable bonds is 3. The number of aromatic nitrogens is 4. The fraction of sp³-hybridized carbons (Fsp3) is 0.389. The number of nitrogens with zero attached hydrogens (tertiary/aromatic N) is 6. The molecule has 1 saturated heterocycles. The maximum Gasteiger partial charge on any atom is 0.150 e. The van der Waals surface area contributed by atoms with Crippen LogP contribution in [0.25, 0.3) is 11.0 Å². The van der Waals surface area contributed by atoms with E-state index in [1.54, 1.807) is 0 Å². The standard InChI is InChI=1S/C18H22N6/c1-14-18(21-16-6-4-3-5-15(16)20-14)24-11-9-23(10-12-24)13-17-19-7-8-22(17)2/h3-8H,9-13H2,1-2H3. The normalized spacial score (nSPS) is 16.0. The van der Waals surface area contributed by atoms with Gasteiger partial charge in [0.15, 0.2) is 5.82 Å². The lowest BCUT2D eigenvalue weighted by molar-refractivity contribution is 0.241. The molecule has 0 aliphatic carbocycles. The Kier molecular flexibility index (Phi) is 3.90. The fourth-order valence-corrected chi connectivity index (χ4v) is 3.25. The van der Waals surface area contributed by atoms with E-state index in [1.165, 1.54) is 0 Å². The number of imidazole rings is 1. The van der Waals surface area contributed by atoms with E-state index >= 15 is 0 Å². The third-order valence-corrected chi connectivity index (χ3v) is 4.68. The Hall–Kier alpha value is -2.47. The summed E-state index contributed by atoms with van der Waals surface area (Å²) < 4.78 is 2.09. The van der Waals surface area contributed by atoms with Gasteiger partial charge < -0.3 is 9.47 Å². The van der Waals surface area contributed by atoms with Crippen LogP contribution in [0, 0.1) is 6.92 Å². The van der Waals surface area contributed by atoms with Crippen molar-refractivity contribution in [2.45, 2.75) is 13.5 Å². The van der Waals surface area contributed by atoms with E-state index in [2.05, 4.69) is 26.3 Å². The predicted octanol–water partition coefficient (Wildman–Crippen LogP) is 1.99. The molecule has 1 fully saturated rings. The molecule has 6 heteroatoms. The van der Waals surface area contributed by atoms with Gasteiger partial charge in [-0.3, -0.25) is 4.90 Å². The molecule has 0 radical (unpaired) electrons. The molecular formula is C18H22N6. The molecule has 1 aliphatic rings. The molecule has 3 heterocycles. The molecule has 1 aromatic carbocycles. The van der Waals surface area contributed by atoms with Crippen molar-refractivity contribution in [2.75, 3.05) is 31.1 Å². The molecule has 1 aliphatic heterocycles. The van der Waals surface area contributed by atoms with Gasteiger partial charge in [0.25, 0.3) is 0 Å². The molecule has 0 unspecified atom stereocenters. The summed E-state index contributed by atoms with van der Waals surface area (Å²) in [5.74, 6) is 2.13. The van der Waals surface area contributed by atoms with Crippen LogP contribution in [0.5, 0.6) is 0 Å². The summed E-state index contributed by atoms with van der Waals surface area (Å²) in [6.45, 7) is 6.92. The Morgan fingerprint density at radius 2 is 1.71 bits per heavy atom. The van der Waals surface area contributed by atoms with Crippen molar-refractivity contribution in [1.29, 1.82) is 0 Å². The average Bonchev–Trinajstić information content (AvgIpc) is 3.00. The van der Waals surface area contributed by atoms with Crippen LogP contribution in [0.2, 0.25) is 0 Å². The molecular weight excluding hydrogens is 300 g/mol. The number of hydrogen-bond acceptors (Lipinski definition) is 5. The number of benzene rings is 1. The van der Waals surface area contributed by atoms with Crippen LogP contribution in [-0.2, 0) is 13.6 Å². The van der Waals surface area contributed by atoms with Crippen LogP contribution in [0.1, 0.15) is 11.5 Å². The van der Waals surface area contributed by atoms with Gasteiger partial charge in [0.05, 0.1) is 23.3 Å². The van der Waals surface area contributed by atoms with Gasteiger partial charge in [-0.1, -0.05) is 12.1 Å². The number of para-hydroxylation sites is 2. The third kappa shape index (κ3) is 2.85. The topological polar surface area (TPSA) is 50.1 Å². The lowest BCUT2D eigenvalue weighted by Gasteiger charge is -2.35. The third-order valence-electron chi connectivity index (χ3n) is 4.68. The van der Waals surface area contributed by atoms with Gasteiger partial charge in [-0.2, -0.15) is 0 Å². The van der Waals surface area contributed by atoms with E-state index in [9.17, 15) is 0 Å². The zero-order chi connectivity index (χ0) is 16.5. The number of anilines is 1. The zero-order valence-corrected chi connectivity index (χ0v) is 14.2. The van der Waals surface area contributed by atoms with Gasteiger partial charge in [-0.05, 0) is 19.1 Å². The van der Waals surface area contributed by atoms with Gasteiger partial charge in [0.2, 0.25) is 0 Å². The Labute approximate surface area is 141 Å². The number of fused-ring (bicyclic) bond motifs is 1. The summed E-state index contributed by atoms with van der Waals surface area (Å²) in [7, 11) is 2.05. The van der Waals surface area contributed by atoms with Gasteiger partial charge in [-0.25, -0.2) is 15.0 Å². The highest BCUT2D eigenvalue weighted by Gasteiger charge is 2.21. The molecule has 124 valence electrons. The quantitative estimate of drug-likeness (QED) is 0.738. The lowest BCUT2D eigenvalue weighted by atomic mass is 10.2. The smallest absolute Gasteiger partial charge is 0.150 e. The minimum Gasteiger partial charge on any atom is -0.353 e. The van der Waals surface area contributed by atoms with Gasteiger partial charge in [-0.15, -0.1) is 0 Å². The van der Waals surface area contributed by atoms with Crippen molar-refractivity contribution in [3.63, 3.8) is 0 Å². The lowest BCUT2D eigenvalue weighted by Crippen LogP contribution is -2.46. The monoisotopic (exact) mass is 322 g/mol. The SMILES string of the molecule is Cc1nc2ccccc2nc1N1CCN(Cc2nccn2C)CC1. The van der Waals surface area contributed by atoms with E-state index in [0.29, 0.717) is 0 Å². The minimum atomic E-state index is 0.903. The molecule has 24 heavy (non-hydrogen) atoms. The van der Waals surface area contributed by atoms with Gasteiger partial charge in [0, 0.05) is 45.6 Å². The summed E-state index contributed by atoms with van der Waals surface area (Å²) >= 11 is 0. The fourth-order valence-electron chi connectivity index (χ4n) is 3.25. The maximum atomic E-state index is 4.84. The second-order valence-electron chi connectivity index (χ2n) is 6.34. The molecule has 0 bridgehead atoms. The molecule has 0 amide bonds. The van der Waals surface area contributed by atoms with Gasteiger partial charge in [0.1, 0.15) is 5.82 Å². The van der Waals surface area contributed by atoms with E-state index in [-0.39, 0.29) is 0 Å². The van der Waals surface area contributed by atoms with Crippen LogP contribution in [0.15, 0.2) is 36.7 Å². The van der Waals surface area contributed by atoms with E-state index in [4.69, 9.17) is 9.97 Å². The highest BCUT2D eigenvalue weighted by Crippen LogP contribution is 2.21. The first-order valence-electron chi connectivity index (χ1n) is 8.37. The highest BCUT2D eigenvalue weighted by atomic mass is 15.3. The summed E-state index contributed by atoms with van der Waals surface area (Å²) in [4.78, 5) is 18.8. The molecule has 0 spiro atoms. The second-order valence-corrected chi connectivity index (χ2v) is 6.34. The van der Waals surface area contributed by atoms with Crippen LogP contribution < -0.4 is 4.90 Å². The molecule has 2 aromatic heterocycles. The van der Waals surface area contributed by atoms with Crippen LogP contribution in [-0.4, -0.2) is 50.6 Å². The molecule has 6 nitrogen and oxygen atoms in total. The highest BCUT2D eigenvalue weighted by molar-refractivity contribution is 5.76. The Balaban J connectivity index is 1.47. The largest absolute Gasteiger partial charge is 0.353 e. The molecule has 0 N–H and O–H groups in total. The first kappa shape index (κ1) is 15.1. The molecule has 0 saturated carbocycles. The van der Waals surface area contributed by atoms with Gasteiger partial charge >= 0.3 is 0 Å². The summed E-state index contributed by atoms with van der Waals surface area (Å²) in [6.07, 6.45) is 3.86. The van der Waals surface area contributed by atoms with Crippen molar-refractivity contribution in [3.8, 4) is 0 Å². The van der Waals surface area contributed by atoms with Crippen LogP contribution in [0.4, 0.5) is 5.82 Å². The Bertz CT molecular complexity index is 848. The van der Waals surface area contributed by atoms with Crippen molar-refractivity contribution < 1.29 is 0 Å². The maximum absolute atomic E-state index is 4.84. The Morgan fingerprint density at radius 1 is 1.00 bits per heavy atom. The summed E-state index contributed by atoms with van der Waals surface area (Å²) in [5.41, 5.74) is 2.94. The number of hydrogen-bond donors (Lipinski definition) is 0. The van der Waals surface area contributed by atoms with E-state index in [1.807, 2.05) is 43.7 Å². The van der Waals surface area contributed by atoms with E-state index in [0.717, 1.165) is 61.1 Å². The van der Waals surface area contributed by atoms with E-state index < -0.39 is 0 Å². The summed E-state index contributed by atoms with van der Waals surface area (Å²) in [6, 6.07) is 8.07. The molecule has 4 rings (SSSR count). The van der Waals surface area contributed by atoms with Crippen LogP contribution >= 0.6 is 0 Å². The number of piperazine rings is 1. The van der Waals surface area contributed by atoms with Crippen molar-refractivity contribution in [1.82, 2.24) is 24.4 Å². The van der Waals surface area contributed by atoms with Crippen LogP contribution in [0.3, 0.4) is 0 Å². The zero-order valence-electron chi connectivity index (χ0n) is 14.2. The number of aryl methyl sites for hydroxylation is 2. The minimum absolute atomic E-state index is 0.903. The Morgan fingerprint density at radius 3 is 2.38 bits per heavy atom. The first-order valence-corrected chi connectivity index (χ1v) is 8.37. The predicted molar refractivity (Wildman–Crippen MR) is 95.0 cm³/mol. The second kappa shape index (κ2) is 6.20. The average molecular weight is 322 g/mol. The summed E-state index contributed by atoms with van der Waals surface area (Å²) in [5, 5.41) is 0.